The van der Waals surface area contributed by atoms with Crippen LogP contribution in [0.2, 0.25) is 0 Å². The van der Waals surface area contributed by atoms with Gasteiger partial charge in [-0.3, -0.25) is 4.79 Å². The number of hydrogen-bond donors (Lipinski definition) is 1. The van der Waals surface area contributed by atoms with E-state index in [-0.39, 0.29) is 17.3 Å². The molecule has 5 nitrogen and oxygen atoms in total. The number of aryl methyl sites for hydroxylation is 1. The van der Waals surface area contributed by atoms with Gasteiger partial charge in [-0.25, -0.2) is 13.8 Å². The van der Waals surface area contributed by atoms with Gasteiger partial charge in [0.05, 0.1) is 29.3 Å². The Bertz CT molecular complexity index is 997. The van der Waals surface area contributed by atoms with E-state index in [0.717, 1.165) is 23.2 Å². The van der Waals surface area contributed by atoms with Gasteiger partial charge in [0.1, 0.15) is 0 Å². The molecule has 26 heavy (non-hydrogen) atoms. The first-order valence-electron chi connectivity index (χ1n) is 7.78. The SMILES string of the molecule is N#CCCn1c(SCC(=O)Nc2ccc(F)c(F)c2)nc2ccccc21. The number of anilines is 1. The number of nitrogens with one attached hydrogen (secondary N) is 1. The predicted octanol–water partition coefficient (Wildman–Crippen LogP) is 3.96. The fourth-order valence-electron chi connectivity index (χ4n) is 2.44. The number of thioether (sulfide) groups is 1. The van der Waals surface area contributed by atoms with E-state index >= 15 is 0 Å². The summed E-state index contributed by atoms with van der Waals surface area (Å²) in [6.07, 6.45) is 0.328. The zero-order valence-corrected chi connectivity index (χ0v) is 14.4. The highest BCUT2D eigenvalue weighted by Crippen LogP contribution is 2.24. The fourth-order valence-corrected chi connectivity index (χ4v) is 3.28. The second-order valence-electron chi connectivity index (χ2n) is 5.41. The maximum atomic E-state index is 13.2. The lowest BCUT2D eigenvalue weighted by Crippen LogP contribution is -2.15. The van der Waals surface area contributed by atoms with E-state index < -0.39 is 11.6 Å². The first-order chi connectivity index (χ1) is 12.6. The van der Waals surface area contributed by atoms with E-state index in [2.05, 4.69) is 16.4 Å². The molecular formula is C18H14F2N4OS. The molecule has 0 aliphatic carbocycles. The van der Waals surface area contributed by atoms with Crippen molar-refractivity contribution in [1.82, 2.24) is 9.55 Å². The van der Waals surface area contributed by atoms with Crippen molar-refractivity contribution < 1.29 is 13.6 Å². The van der Waals surface area contributed by atoms with Gasteiger partial charge in [0.2, 0.25) is 5.91 Å². The number of para-hydroxylation sites is 2. The molecule has 1 heterocycles. The Morgan fingerprint density at radius 1 is 1.23 bits per heavy atom. The molecule has 0 saturated carbocycles. The van der Waals surface area contributed by atoms with Crippen molar-refractivity contribution in [2.75, 3.05) is 11.1 Å². The third-order valence-electron chi connectivity index (χ3n) is 3.60. The van der Waals surface area contributed by atoms with E-state index in [0.29, 0.717) is 18.1 Å². The molecule has 0 unspecified atom stereocenters. The van der Waals surface area contributed by atoms with E-state index in [1.54, 1.807) is 0 Å². The number of benzene rings is 2. The van der Waals surface area contributed by atoms with E-state index in [1.807, 2.05) is 28.8 Å². The smallest absolute Gasteiger partial charge is 0.234 e. The van der Waals surface area contributed by atoms with Crippen molar-refractivity contribution in [1.29, 1.82) is 5.26 Å². The van der Waals surface area contributed by atoms with E-state index in [1.165, 1.54) is 17.8 Å². The van der Waals surface area contributed by atoms with Crippen LogP contribution in [0.15, 0.2) is 47.6 Å². The minimum atomic E-state index is -1.02. The number of nitrogens with zero attached hydrogens (tertiary/aromatic N) is 3. The van der Waals surface area contributed by atoms with Crippen molar-refractivity contribution in [2.45, 2.75) is 18.1 Å². The number of imidazole rings is 1. The summed E-state index contributed by atoms with van der Waals surface area (Å²) in [5.74, 6) is -2.30. The molecule has 1 aromatic heterocycles. The van der Waals surface area contributed by atoms with Crippen LogP contribution >= 0.6 is 11.8 Å². The summed E-state index contributed by atoms with van der Waals surface area (Å²) in [5, 5.41) is 12.0. The number of halogens is 2. The van der Waals surface area contributed by atoms with Gasteiger partial charge in [-0.1, -0.05) is 23.9 Å². The van der Waals surface area contributed by atoms with Gasteiger partial charge in [0, 0.05) is 18.3 Å². The first kappa shape index (κ1) is 17.9. The summed E-state index contributed by atoms with van der Waals surface area (Å²) < 4.78 is 28.0. The number of carbonyl (C=O) groups excluding carboxylic acids is 1. The maximum Gasteiger partial charge on any atom is 0.234 e. The number of aromatic nitrogens is 2. The van der Waals surface area contributed by atoms with Gasteiger partial charge in [-0.15, -0.1) is 0 Å². The molecule has 1 N–H and O–H groups in total. The van der Waals surface area contributed by atoms with Crippen molar-refractivity contribution in [3.05, 3.63) is 54.1 Å². The van der Waals surface area contributed by atoms with Crippen LogP contribution in [0.3, 0.4) is 0 Å². The van der Waals surface area contributed by atoms with E-state index in [4.69, 9.17) is 5.26 Å². The van der Waals surface area contributed by atoms with Gasteiger partial charge in [-0.2, -0.15) is 5.26 Å². The quantitative estimate of drug-likeness (QED) is 0.665. The second kappa shape index (κ2) is 7.97. The van der Waals surface area contributed by atoms with Crippen LogP contribution in [-0.4, -0.2) is 21.2 Å². The molecule has 0 aliphatic rings. The summed E-state index contributed by atoms with van der Waals surface area (Å²) in [4.78, 5) is 16.6. The molecule has 0 radical (unpaired) electrons. The lowest BCUT2D eigenvalue weighted by atomic mass is 10.3. The molecule has 0 spiro atoms. The Balaban J connectivity index is 1.71. The molecule has 0 atom stereocenters. The van der Waals surface area contributed by atoms with Crippen LogP contribution in [0.5, 0.6) is 0 Å². The number of rotatable bonds is 6. The Labute approximate surface area is 152 Å². The highest BCUT2D eigenvalue weighted by atomic mass is 32.2. The van der Waals surface area contributed by atoms with Gasteiger partial charge >= 0.3 is 0 Å². The Kier molecular flexibility index (Phi) is 5.49. The Morgan fingerprint density at radius 2 is 2.04 bits per heavy atom. The zero-order valence-electron chi connectivity index (χ0n) is 13.6. The average molecular weight is 372 g/mol. The highest BCUT2D eigenvalue weighted by molar-refractivity contribution is 7.99. The van der Waals surface area contributed by atoms with Crippen molar-refractivity contribution in [3.8, 4) is 6.07 Å². The van der Waals surface area contributed by atoms with Crippen LogP contribution in [0, 0.1) is 23.0 Å². The molecule has 2 aromatic carbocycles. The number of fused-ring (bicyclic) bond motifs is 1. The average Bonchev–Trinajstić information content (AvgIpc) is 2.99. The van der Waals surface area contributed by atoms with Crippen molar-refractivity contribution >= 4 is 34.4 Å². The fraction of sp³-hybridized carbons (Fsp3) is 0.167. The predicted molar refractivity (Wildman–Crippen MR) is 95.7 cm³/mol. The third-order valence-corrected chi connectivity index (χ3v) is 4.58. The van der Waals surface area contributed by atoms with Crippen LogP contribution in [0.1, 0.15) is 6.42 Å². The Hall–Kier alpha value is -2.92. The Morgan fingerprint density at radius 3 is 2.81 bits per heavy atom. The number of nitriles is 1. The monoisotopic (exact) mass is 372 g/mol. The number of hydrogen-bond acceptors (Lipinski definition) is 4. The lowest BCUT2D eigenvalue weighted by molar-refractivity contribution is -0.113. The third kappa shape index (κ3) is 4.00. The minimum absolute atomic E-state index is 0.0505. The maximum absolute atomic E-state index is 13.2. The molecule has 8 heteroatoms. The first-order valence-corrected chi connectivity index (χ1v) is 8.77. The summed E-state index contributed by atoms with van der Waals surface area (Å²) in [5.41, 5.74) is 1.87. The molecule has 3 rings (SSSR count). The summed E-state index contributed by atoms with van der Waals surface area (Å²) in [6, 6.07) is 12.8. The molecular weight excluding hydrogens is 358 g/mol. The standard InChI is InChI=1S/C18H14F2N4OS/c19-13-7-6-12(10-14(13)20)22-17(25)11-26-18-23-15-4-1-2-5-16(15)24(18)9-3-8-21/h1-2,4-7,10H,3,9,11H2,(H,22,25). The van der Waals surface area contributed by atoms with Crippen molar-refractivity contribution in [3.63, 3.8) is 0 Å². The molecule has 3 aromatic rings. The second-order valence-corrected chi connectivity index (χ2v) is 6.35. The van der Waals surface area contributed by atoms with Crippen LogP contribution < -0.4 is 5.32 Å². The van der Waals surface area contributed by atoms with Crippen LogP contribution in [0.25, 0.3) is 11.0 Å². The summed E-state index contributed by atoms with van der Waals surface area (Å²) in [6.45, 7) is 0.476. The van der Waals surface area contributed by atoms with Gasteiger partial charge in [-0.05, 0) is 24.3 Å². The lowest BCUT2D eigenvalue weighted by Gasteiger charge is -2.07. The minimum Gasteiger partial charge on any atom is -0.325 e. The molecule has 132 valence electrons. The van der Waals surface area contributed by atoms with E-state index in [9.17, 15) is 13.6 Å². The summed E-state index contributed by atoms with van der Waals surface area (Å²) in [7, 11) is 0. The number of amides is 1. The van der Waals surface area contributed by atoms with Crippen LogP contribution in [-0.2, 0) is 11.3 Å². The van der Waals surface area contributed by atoms with Crippen LogP contribution in [0.4, 0.5) is 14.5 Å². The highest BCUT2D eigenvalue weighted by Gasteiger charge is 2.13. The largest absolute Gasteiger partial charge is 0.325 e. The van der Waals surface area contributed by atoms with Gasteiger partial charge in [0.25, 0.3) is 0 Å². The summed E-state index contributed by atoms with van der Waals surface area (Å²) >= 11 is 1.22. The topological polar surface area (TPSA) is 70.7 Å². The molecule has 1 amide bonds. The molecule has 0 fully saturated rings. The van der Waals surface area contributed by atoms with Crippen molar-refractivity contribution in [2.24, 2.45) is 0 Å². The normalized spacial score (nSPS) is 10.7. The molecule has 0 aliphatic heterocycles. The van der Waals surface area contributed by atoms with Gasteiger partial charge in [0.15, 0.2) is 16.8 Å². The zero-order chi connectivity index (χ0) is 18.5. The number of carbonyl (C=O) groups is 1. The molecule has 0 saturated heterocycles. The van der Waals surface area contributed by atoms with Gasteiger partial charge < -0.3 is 9.88 Å². The molecule has 0 bridgehead atoms.